The minimum absolute atomic E-state index is 0.154. The molecule has 0 amide bonds. The zero-order valence-corrected chi connectivity index (χ0v) is 17.1. The van der Waals surface area contributed by atoms with Crippen LogP contribution >= 0.6 is 35.4 Å². The summed E-state index contributed by atoms with van der Waals surface area (Å²) in [5.74, 6) is -0.0575. The molecule has 2 heterocycles. The lowest BCUT2D eigenvalue weighted by Crippen LogP contribution is -2.18. The van der Waals surface area contributed by atoms with E-state index in [1.54, 1.807) is 23.6 Å². The Morgan fingerprint density at radius 3 is 2.67 bits per heavy atom. The molecule has 7 nitrogen and oxygen atoms in total. The Balaban J connectivity index is 2.24. The first-order valence-electron chi connectivity index (χ1n) is 8.05. The normalized spacial score (nSPS) is 12.2. The van der Waals surface area contributed by atoms with Gasteiger partial charge in [0.1, 0.15) is 5.69 Å². The second-order valence-electron chi connectivity index (χ2n) is 5.74. The molecule has 1 aromatic carbocycles. The molecule has 1 unspecified atom stereocenters. The molecule has 0 fully saturated rings. The van der Waals surface area contributed by atoms with Gasteiger partial charge in [0.2, 0.25) is 5.89 Å². The number of hydrogen-bond donors (Lipinski definition) is 1. The molecule has 3 aromatic rings. The summed E-state index contributed by atoms with van der Waals surface area (Å²) in [6, 6.07) is 5.02. The van der Waals surface area contributed by atoms with E-state index >= 15 is 0 Å². The van der Waals surface area contributed by atoms with Gasteiger partial charge in [0.25, 0.3) is 5.89 Å². The number of H-pyrrole nitrogens is 1. The molecule has 0 aliphatic carbocycles. The predicted molar refractivity (Wildman–Crippen MR) is 104 cm³/mol. The average molecular weight is 427 g/mol. The maximum atomic E-state index is 12.6. The van der Waals surface area contributed by atoms with Crippen LogP contribution in [-0.2, 0) is 4.74 Å². The third-order valence-electron chi connectivity index (χ3n) is 4.07. The number of rotatable bonds is 5. The molecule has 0 aliphatic heterocycles. The molecule has 27 heavy (non-hydrogen) atoms. The molecule has 2 aromatic heterocycles. The van der Waals surface area contributed by atoms with E-state index in [0.29, 0.717) is 32.8 Å². The third-order valence-corrected chi connectivity index (χ3v) is 5.11. The van der Waals surface area contributed by atoms with Crippen LogP contribution in [0.1, 0.15) is 41.3 Å². The van der Waals surface area contributed by atoms with Crippen molar-refractivity contribution in [3.8, 4) is 11.6 Å². The number of nitrogens with zero attached hydrogens (tertiary/aromatic N) is 3. The number of aromatic amines is 1. The first-order chi connectivity index (χ1) is 12.9. The number of esters is 1. The van der Waals surface area contributed by atoms with Crippen LogP contribution in [0, 0.1) is 11.7 Å². The Morgan fingerprint density at radius 1 is 1.37 bits per heavy atom. The zero-order chi connectivity index (χ0) is 19.7. The Bertz CT molecular complexity index is 1060. The molecule has 10 heteroatoms. The van der Waals surface area contributed by atoms with E-state index in [0.717, 1.165) is 5.56 Å². The van der Waals surface area contributed by atoms with Crippen molar-refractivity contribution in [2.45, 2.75) is 26.3 Å². The van der Waals surface area contributed by atoms with Crippen LogP contribution in [0.15, 0.2) is 22.6 Å². The zero-order valence-electron chi connectivity index (χ0n) is 14.7. The van der Waals surface area contributed by atoms with Gasteiger partial charge in [0.05, 0.1) is 23.2 Å². The van der Waals surface area contributed by atoms with Crippen LogP contribution in [0.4, 0.5) is 0 Å². The molecular formula is C17H16Cl2N4O3S. The fourth-order valence-electron chi connectivity index (χ4n) is 2.88. The molecule has 0 radical (unpaired) electrons. The molecule has 1 N–H and O–H groups in total. The highest BCUT2D eigenvalue weighted by molar-refractivity contribution is 7.71. The van der Waals surface area contributed by atoms with Gasteiger partial charge in [-0.2, -0.15) is 0 Å². The first kappa shape index (κ1) is 19.6. The van der Waals surface area contributed by atoms with Crippen LogP contribution in [0.3, 0.4) is 0 Å². The maximum absolute atomic E-state index is 12.6. The van der Waals surface area contributed by atoms with Crippen molar-refractivity contribution in [1.82, 2.24) is 19.7 Å². The van der Waals surface area contributed by atoms with Crippen LogP contribution in [0.2, 0.25) is 10.0 Å². The summed E-state index contributed by atoms with van der Waals surface area (Å²) in [7, 11) is 1.30. The highest BCUT2D eigenvalue weighted by Crippen LogP contribution is 2.33. The van der Waals surface area contributed by atoms with Crippen molar-refractivity contribution in [2.24, 2.45) is 0 Å². The van der Waals surface area contributed by atoms with E-state index in [-0.39, 0.29) is 17.6 Å². The van der Waals surface area contributed by atoms with Crippen LogP contribution in [0.25, 0.3) is 11.6 Å². The van der Waals surface area contributed by atoms with Crippen molar-refractivity contribution < 1.29 is 13.9 Å². The summed E-state index contributed by atoms with van der Waals surface area (Å²) in [5.41, 5.74) is 1.36. The average Bonchev–Trinajstić information content (AvgIpc) is 3.22. The van der Waals surface area contributed by atoms with Gasteiger partial charge in [-0.15, -0.1) is 10.2 Å². The van der Waals surface area contributed by atoms with Crippen LogP contribution in [0.5, 0.6) is 0 Å². The minimum atomic E-state index is -0.577. The molecule has 0 bridgehead atoms. The summed E-state index contributed by atoms with van der Waals surface area (Å²) < 4.78 is 12.4. The Labute approximate surface area is 170 Å². The second kappa shape index (κ2) is 7.84. The molecule has 0 saturated heterocycles. The monoisotopic (exact) mass is 426 g/mol. The smallest absolute Gasteiger partial charge is 0.357 e. The number of ether oxygens (including phenoxy) is 1. The predicted octanol–water partition coefficient (Wildman–Crippen LogP) is 5.00. The van der Waals surface area contributed by atoms with E-state index in [4.69, 9.17) is 44.6 Å². The molecule has 3 rings (SSSR count). The number of hydrogen-bond acceptors (Lipinski definition) is 6. The quantitative estimate of drug-likeness (QED) is 0.456. The van der Waals surface area contributed by atoms with Gasteiger partial charge in [-0.3, -0.25) is 0 Å². The number of halogens is 2. The summed E-state index contributed by atoms with van der Waals surface area (Å²) >= 11 is 17.7. The second-order valence-corrected chi connectivity index (χ2v) is 6.94. The number of imidazole rings is 1. The number of nitrogens with one attached hydrogen (secondary N) is 1. The molecular weight excluding hydrogens is 411 g/mol. The SMILES string of the molecule is CCC(c1ccc(Cl)c(Cl)c1)n1c(C(=O)OC)c(-c2nnc(C)o2)[nH]c1=S. The van der Waals surface area contributed by atoms with E-state index in [9.17, 15) is 4.79 Å². The largest absolute Gasteiger partial charge is 0.464 e. The lowest BCUT2D eigenvalue weighted by atomic mass is 10.0. The van der Waals surface area contributed by atoms with Crippen molar-refractivity contribution in [3.05, 3.63) is 50.2 Å². The van der Waals surface area contributed by atoms with E-state index in [1.807, 2.05) is 13.0 Å². The summed E-state index contributed by atoms with van der Waals surface area (Å²) in [5, 5.41) is 8.65. The Kier molecular flexibility index (Phi) is 5.69. The van der Waals surface area contributed by atoms with Gasteiger partial charge >= 0.3 is 5.97 Å². The van der Waals surface area contributed by atoms with Gasteiger partial charge < -0.3 is 18.7 Å². The number of carbonyl (C=O) groups excluding carboxylic acids is 1. The summed E-state index contributed by atoms with van der Waals surface area (Å²) in [4.78, 5) is 15.6. The maximum Gasteiger partial charge on any atom is 0.357 e. The lowest BCUT2D eigenvalue weighted by Gasteiger charge is -2.20. The lowest BCUT2D eigenvalue weighted by molar-refractivity contribution is 0.0587. The fraction of sp³-hybridized carbons (Fsp3) is 0.294. The van der Waals surface area contributed by atoms with Crippen molar-refractivity contribution in [1.29, 1.82) is 0 Å². The number of aromatic nitrogens is 4. The molecule has 1 atom stereocenters. The molecule has 142 valence electrons. The number of carbonyl (C=O) groups is 1. The standard InChI is InChI=1S/C17H16Cl2N4O3S/c1-4-12(9-5-6-10(18)11(19)7-9)23-14(16(24)25-3)13(20-17(23)27)15-22-21-8(2)26-15/h5-7,12H,4H2,1-3H3,(H,20,27). The summed E-state index contributed by atoms with van der Waals surface area (Å²) in [6.07, 6.45) is 0.635. The van der Waals surface area contributed by atoms with Gasteiger partial charge in [-0.25, -0.2) is 4.79 Å². The highest BCUT2D eigenvalue weighted by atomic mass is 35.5. The molecule has 0 spiro atoms. The third kappa shape index (κ3) is 3.65. The number of methoxy groups -OCH3 is 1. The minimum Gasteiger partial charge on any atom is -0.464 e. The van der Waals surface area contributed by atoms with Crippen molar-refractivity contribution in [3.63, 3.8) is 0 Å². The van der Waals surface area contributed by atoms with Gasteiger partial charge in [-0.05, 0) is 36.3 Å². The summed E-state index contributed by atoms with van der Waals surface area (Å²) in [6.45, 7) is 3.63. The van der Waals surface area contributed by atoms with E-state index in [2.05, 4.69) is 15.2 Å². The van der Waals surface area contributed by atoms with E-state index < -0.39 is 5.97 Å². The van der Waals surface area contributed by atoms with Gasteiger partial charge in [-0.1, -0.05) is 36.2 Å². The highest BCUT2D eigenvalue weighted by Gasteiger charge is 2.29. The fourth-order valence-corrected chi connectivity index (χ4v) is 3.51. The molecule has 0 aliphatic rings. The Hall–Kier alpha value is -2.16. The van der Waals surface area contributed by atoms with Crippen LogP contribution in [-0.4, -0.2) is 32.8 Å². The van der Waals surface area contributed by atoms with Crippen LogP contribution < -0.4 is 0 Å². The Morgan fingerprint density at radius 2 is 2.11 bits per heavy atom. The number of benzene rings is 1. The topological polar surface area (TPSA) is 85.9 Å². The number of aryl methyl sites for hydroxylation is 1. The van der Waals surface area contributed by atoms with E-state index in [1.165, 1.54) is 7.11 Å². The molecule has 0 saturated carbocycles. The first-order valence-corrected chi connectivity index (χ1v) is 9.22. The van der Waals surface area contributed by atoms with Gasteiger partial charge in [0.15, 0.2) is 10.5 Å². The van der Waals surface area contributed by atoms with Crippen molar-refractivity contribution >= 4 is 41.4 Å². The van der Waals surface area contributed by atoms with Gasteiger partial charge in [0, 0.05) is 6.92 Å². The van der Waals surface area contributed by atoms with Crippen molar-refractivity contribution in [2.75, 3.05) is 7.11 Å².